The van der Waals surface area contributed by atoms with Crippen molar-refractivity contribution < 1.29 is 18.5 Å². The van der Waals surface area contributed by atoms with Crippen molar-refractivity contribution in [1.82, 2.24) is 4.31 Å². The lowest BCUT2D eigenvalue weighted by Gasteiger charge is -2.19. The maximum absolute atomic E-state index is 12.5. The van der Waals surface area contributed by atoms with E-state index in [0.29, 0.717) is 18.0 Å². The highest BCUT2D eigenvalue weighted by atomic mass is 32.2. The van der Waals surface area contributed by atoms with Crippen molar-refractivity contribution in [2.24, 2.45) is 0 Å². The van der Waals surface area contributed by atoms with Gasteiger partial charge in [0.25, 0.3) is 5.91 Å². The van der Waals surface area contributed by atoms with Gasteiger partial charge in [-0.25, -0.2) is 8.42 Å². The minimum atomic E-state index is -3.44. The van der Waals surface area contributed by atoms with Crippen LogP contribution >= 0.6 is 0 Å². The summed E-state index contributed by atoms with van der Waals surface area (Å²) < 4.78 is 26.5. The molecule has 0 aliphatic heterocycles. The van der Waals surface area contributed by atoms with Gasteiger partial charge >= 0.3 is 0 Å². The first-order chi connectivity index (χ1) is 12.9. The number of amides is 1. The van der Waals surface area contributed by atoms with E-state index in [1.165, 1.54) is 4.31 Å². The van der Waals surface area contributed by atoms with Gasteiger partial charge in [0.05, 0.1) is 4.90 Å². The van der Waals surface area contributed by atoms with Crippen LogP contribution in [0.25, 0.3) is 0 Å². The Morgan fingerprint density at radius 1 is 1.04 bits per heavy atom. The first kappa shape index (κ1) is 21.1. The summed E-state index contributed by atoms with van der Waals surface area (Å²) in [5.41, 5.74) is 1.75. The highest BCUT2D eigenvalue weighted by molar-refractivity contribution is 7.89. The number of nitrogens with two attached hydrogens (primary N) is 1. The van der Waals surface area contributed by atoms with Crippen LogP contribution in [0, 0.1) is 0 Å². The highest BCUT2D eigenvalue weighted by Crippen LogP contribution is 2.18. The molecule has 7 heteroatoms. The van der Waals surface area contributed by atoms with Gasteiger partial charge in [-0.3, -0.25) is 4.79 Å². The first-order valence-corrected chi connectivity index (χ1v) is 10.6. The van der Waals surface area contributed by atoms with E-state index in [1.54, 1.807) is 12.1 Å². The second-order valence-corrected chi connectivity index (χ2v) is 8.24. The summed E-state index contributed by atoms with van der Waals surface area (Å²) in [4.78, 5) is 12.3. The zero-order chi connectivity index (χ0) is 19.9. The van der Waals surface area contributed by atoms with E-state index in [2.05, 4.69) is 5.32 Å². The largest absolute Gasteiger partial charge is 0.333 e. The molecule has 146 valence electrons. The molecular formula is C20H28N3O3S+. The van der Waals surface area contributed by atoms with Crippen LogP contribution in [-0.2, 0) is 14.8 Å². The molecule has 2 aromatic rings. The molecule has 0 aliphatic rings. The Bertz CT molecular complexity index is 833. The second-order valence-electron chi connectivity index (χ2n) is 6.30. The SMILES string of the molecule is CCN(CC)S(=O)(=O)c1ccc([C@H](C)[NH2+]CC(=O)Nc2ccccc2)cc1. The molecule has 2 rings (SSSR count). The lowest BCUT2D eigenvalue weighted by atomic mass is 10.1. The number of carbonyl (C=O) groups excluding carboxylic acids is 1. The predicted molar refractivity (Wildman–Crippen MR) is 107 cm³/mol. The lowest BCUT2D eigenvalue weighted by Crippen LogP contribution is -2.86. The molecule has 6 nitrogen and oxygen atoms in total. The van der Waals surface area contributed by atoms with Crippen molar-refractivity contribution >= 4 is 21.6 Å². The third-order valence-corrected chi connectivity index (χ3v) is 6.53. The number of benzene rings is 2. The molecule has 0 aromatic heterocycles. The summed E-state index contributed by atoms with van der Waals surface area (Å²) in [6.45, 7) is 6.82. The van der Waals surface area contributed by atoms with E-state index in [9.17, 15) is 13.2 Å². The van der Waals surface area contributed by atoms with Gasteiger partial charge in [-0.1, -0.05) is 44.2 Å². The summed E-state index contributed by atoms with van der Waals surface area (Å²) in [5.74, 6) is -0.0752. The Hall–Kier alpha value is -2.22. The Kier molecular flexibility index (Phi) is 7.53. The van der Waals surface area contributed by atoms with Crippen molar-refractivity contribution in [3.8, 4) is 0 Å². The third kappa shape index (κ3) is 5.63. The summed E-state index contributed by atoms with van der Waals surface area (Å²) in [7, 11) is -3.44. The number of rotatable bonds is 9. The summed E-state index contributed by atoms with van der Waals surface area (Å²) in [6, 6.07) is 16.3. The van der Waals surface area contributed by atoms with Gasteiger partial charge in [0.1, 0.15) is 6.04 Å². The van der Waals surface area contributed by atoms with E-state index >= 15 is 0 Å². The number of carbonyl (C=O) groups is 1. The van der Waals surface area contributed by atoms with Gasteiger partial charge in [0.15, 0.2) is 6.54 Å². The molecular weight excluding hydrogens is 362 g/mol. The molecule has 1 atom stereocenters. The first-order valence-electron chi connectivity index (χ1n) is 9.16. The minimum Gasteiger partial charge on any atom is -0.333 e. The molecule has 3 N–H and O–H groups in total. The summed E-state index contributed by atoms with van der Waals surface area (Å²) in [5, 5.41) is 4.77. The Morgan fingerprint density at radius 2 is 1.63 bits per heavy atom. The number of hydrogen-bond donors (Lipinski definition) is 2. The second kappa shape index (κ2) is 9.64. The molecule has 1 amide bonds. The minimum absolute atomic E-state index is 0.0386. The predicted octanol–water partition coefficient (Wildman–Crippen LogP) is 1.98. The fourth-order valence-corrected chi connectivity index (χ4v) is 4.27. The maximum atomic E-state index is 12.5. The molecule has 0 saturated carbocycles. The van der Waals surface area contributed by atoms with Crippen LogP contribution in [0.2, 0.25) is 0 Å². The van der Waals surface area contributed by atoms with Crippen molar-refractivity contribution in [2.45, 2.75) is 31.7 Å². The number of sulfonamides is 1. The van der Waals surface area contributed by atoms with E-state index < -0.39 is 10.0 Å². The van der Waals surface area contributed by atoms with E-state index in [4.69, 9.17) is 0 Å². The topological polar surface area (TPSA) is 83.1 Å². The molecule has 0 unspecified atom stereocenters. The fraction of sp³-hybridized carbons (Fsp3) is 0.350. The lowest BCUT2D eigenvalue weighted by molar-refractivity contribution is -0.682. The van der Waals surface area contributed by atoms with E-state index in [0.717, 1.165) is 11.3 Å². The third-order valence-electron chi connectivity index (χ3n) is 4.46. The van der Waals surface area contributed by atoms with Crippen molar-refractivity contribution in [2.75, 3.05) is 25.0 Å². The zero-order valence-electron chi connectivity index (χ0n) is 16.1. The van der Waals surface area contributed by atoms with Gasteiger partial charge in [0.2, 0.25) is 10.0 Å². The van der Waals surface area contributed by atoms with Gasteiger partial charge in [-0.15, -0.1) is 0 Å². The number of nitrogens with zero attached hydrogens (tertiary/aromatic N) is 1. The molecule has 0 spiro atoms. The van der Waals surface area contributed by atoms with Crippen molar-refractivity contribution in [1.29, 1.82) is 0 Å². The van der Waals surface area contributed by atoms with E-state index in [-0.39, 0.29) is 18.5 Å². The van der Waals surface area contributed by atoms with Gasteiger partial charge < -0.3 is 10.6 Å². The monoisotopic (exact) mass is 390 g/mol. The Labute approximate surface area is 161 Å². The number of quaternary nitrogens is 1. The van der Waals surface area contributed by atoms with Crippen LogP contribution in [0.1, 0.15) is 32.4 Å². The smallest absolute Gasteiger partial charge is 0.279 e. The number of para-hydroxylation sites is 1. The molecule has 0 saturated heterocycles. The van der Waals surface area contributed by atoms with Crippen LogP contribution in [-0.4, -0.2) is 38.3 Å². The zero-order valence-corrected chi connectivity index (χ0v) is 16.9. The Balaban J connectivity index is 1.95. The average Bonchev–Trinajstić information content (AvgIpc) is 2.67. The van der Waals surface area contributed by atoms with Crippen LogP contribution in [0.3, 0.4) is 0 Å². The number of anilines is 1. The molecule has 0 fully saturated rings. The fourth-order valence-electron chi connectivity index (χ4n) is 2.81. The van der Waals surface area contributed by atoms with Crippen LogP contribution < -0.4 is 10.6 Å². The normalized spacial score (nSPS) is 12.7. The highest BCUT2D eigenvalue weighted by Gasteiger charge is 2.22. The van der Waals surface area contributed by atoms with Crippen LogP contribution in [0.5, 0.6) is 0 Å². The van der Waals surface area contributed by atoms with Gasteiger partial charge in [0, 0.05) is 24.3 Å². The van der Waals surface area contributed by atoms with Crippen molar-refractivity contribution in [3.63, 3.8) is 0 Å². The van der Waals surface area contributed by atoms with Crippen molar-refractivity contribution in [3.05, 3.63) is 60.2 Å². The Morgan fingerprint density at radius 3 is 2.19 bits per heavy atom. The molecule has 0 heterocycles. The van der Waals surface area contributed by atoms with Crippen LogP contribution in [0.15, 0.2) is 59.5 Å². The average molecular weight is 391 g/mol. The quantitative estimate of drug-likeness (QED) is 0.687. The maximum Gasteiger partial charge on any atom is 0.279 e. The molecule has 27 heavy (non-hydrogen) atoms. The summed E-state index contributed by atoms with van der Waals surface area (Å²) >= 11 is 0. The van der Waals surface area contributed by atoms with Gasteiger partial charge in [-0.2, -0.15) is 4.31 Å². The van der Waals surface area contributed by atoms with E-state index in [1.807, 2.05) is 68.6 Å². The number of nitrogens with one attached hydrogen (secondary N) is 1. The molecule has 0 aliphatic carbocycles. The molecule has 0 radical (unpaired) electrons. The van der Waals surface area contributed by atoms with Crippen LogP contribution in [0.4, 0.5) is 5.69 Å². The molecule has 0 bridgehead atoms. The number of hydrogen-bond acceptors (Lipinski definition) is 3. The standard InChI is InChI=1S/C20H27N3O3S/c1-4-23(5-2)27(25,26)19-13-11-17(12-14-19)16(3)21-15-20(24)22-18-9-7-6-8-10-18/h6-14,16,21H,4-5,15H2,1-3H3,(H,22,24)/p+1/t16-/m0/s1. The van der Waals surface area contributed by atoms with Gasteiger partial charge in [-0.05, 0) is 31.2 Å². The summed E-state index contributed by atoms with van der Waals surface area (Å²) in [6.07, 6.45) is 0. The molecule has 2 aromatic carbocycles.